The predicted octanol–water partition coefficient (Wildman–Crippen LogP) is 1.99. The van der Waals surface area contributed by atoms with Gasteiger partial charge in [-0.3, -0.25) is 4.79 Å². The van der Waals surface area contributed by atoms with E-state index in [1.54, 1.807) is 12.1 Å². The van der Waals surface area contributed by atoms with E-state index in [-0.39, 0.29) is 11.6 Å². The average molecular weight is 297 g/mol. The van der Waals surface area contributed by atoms with E-state index < -0.39 is 0 Å². The zero-order valence-electron chi connectivity index (χ0n) is 11.8. The van der Waals surface area contributed by atoms with Crippen LogP contribution in [0.25, 0.3) is 0 Å². The Hall–Kier alpha value is -1.33. The molecular formula is C14H21ClN4O. The smallest absolute Gasteiger partial charge is 0.271 e. The largest absolute Gasteiger partial charge is 0.370 e. The minimum atomic E-state index is -0.214. The molecule has 1 aromatic heterocycles. The first-order valence-electron chi connectivity index (χ1n) is 7.11. The van der Waals surface area contributed by atoms with Crippen LogP contribution in [0.15, 0.2) is 12.1 Å². The highest BCUT2D eigenvalue weighted by molar-refractivity contribution is 6.33. The van der Waals surface area contributed by atoms with Gasteiger partial charge in [0.25, 0.3) is 5.91 Å². The van der Waals surface area contributed by atoms with E-state index in [9.17, 15) is 4.79 Å². The van der Waals surface area contributed by atoms with E-state index >= 15 is 0 Å². The molecule has 0 unspecified atom stereocenters. The molecule has 5 nitrogen and oxygen atoms in total. The fourth-order valence-corrected chi connectivity index (χ4v) is 2.49. The number of amides is 1. The van der Waals surface area contributed by atoms with Crippen LogP contribution in [0.1, 0.15) is 30.3 Å². The van der Waals surface area contributed by atoms with Crippen molar-refractivity contribution in [1.82, 2.24) is 15.2 Å². The molecule has 1 saturated heterocycles. The zero-order valence-corrected chi connectivity index (χ0v) is 12.5. The SMILES string of the molecule is CCNc1ccc(Cl)c(C(=O)NCCN2CCCC2)n1. The second-order valence-corrected chi connectivity index (χ2v) is 5.27. The Morgan fingerprint density at radius 3 is 2.85 bits per heavy atom. The second kappa shape index (κ2) is 7.45. The quantitative estimate of drug-likeness (QED) is 0.843. The molecule has 20 heavy (non-hydrogen) atoms. The van der Waals surface area contributed by atoms with E-state index in [1.807, 2.05) is 6.92 Å². The normalized spacial score (nSPS) is 15.3. The molecule has 6 heteroatoms. The average Bonchev–Trinajstić information content (AvgIpc) is 2.94. The molecule has 0 bridgehead atoms. The van der Waals surface area contributed by atoms with Gasteiger partial charge in [-0.1, -0.05) is 11.6 Å². The third kappa shape index (κ3) is 4.08. The van der Waals surface area contributed by atoms with Crippen LogP contribution in [0.3, 0.4) is 0 Å². The number of likely N-dealkylation sites (tertiary alicyclic amines) is 1. The summed E-state index contributed by atoms with van der Waals surface area (Å²) >= 11 is 6.04. The van der Waals surface area contributed by atoms with Crippen LogP contribution in [-0.4, -0.2) is 48.5 Å². The highest BCUT2D eigenvalue weighted by atomic mass is 35.5. The maximum absolute atomic E-state index is 12.1. The van der Waals surface area contributed by atoms with Crippen LogP contribution in [0.2, 0.25) is 5.02 Å². The Morgan fingerprint density at radius 1 is 1.40 bits per heavy atom. The van der Waals surface area contributed by atoms with Crippen molar-refractivity contribution in [2.24, 2.45) is 0 Å². The van der Waals surface area contributed by atoms with Crippen molar-refractivity contribution in [1.29, 1.82) is 0 Å². The van der Waals surface area contributed by atoms with Crippen molar-refractivity contribution < 1.29 is 4.79 Å². The van der Waals surface area contributed by atoms with E-state index in [1.165, 1.54) is 12.8 Å². The predicted molar refractivity (Wildman–Crippen MR) is 81.4 cm³/mol. The van der Waals surface area contributed by atoms with Crippen molar-refractivity contribution in [3.63, 3.8) is 0 Å². The summed E-state index contributed by atoms with van der Waals surface area (Å²) in [4.78, 5) is 18.7. The van der Waals surface area contributed by atoms with Gasteiger partial charge in [-0.15, -0.1) is 0 Å². The first-order chi connectivity index (χ1) is 9.70. The van der Waals surface area contributed by atoms with E-state index in [0.717, 1.165) is 26.2 Å². The lowest BCUT2D eigenvalue weighted by Gasteiger charge is -2.15. The van der Waals surface area contributed by atoms with Gasteiger partial charge in [0.2, 0.25) is 0 Å². The van der Waals surface area contributed by atoms with Gasteiger partial charge in [0, 0.05) is 19.6 Å². The third-order valence-electron chi connectivity index (χ3n) is 3.33. The van der Waals surface area contributed by atoms with Gasteiger partial charge in [0.15, 0.2) is 0 Å². The Kier molecular flexibility index (Phi) is 5.61. The van der Waals surface area contributed by atoms with Crippen LogP contribution in [0.4, 0.5) is 5.82 Å². The molecule has 0 aliphatic carbocycles. The monoisotopic (exact) mass is 296 g/mol. The van der Waals surface area contributed by atoms with Gasteiger partial charge >= 0.3 is 0 Å². The van der Waals surface area contributed by atoms with Crippen LogP contribution < -0.4 is 10.6 Å². The molecule has 0 spiro atoms. The molecule has 0 atom stereocenters. The summed E-state index contributed by atoms with van der Waals surface area (Å²) in [5.41, 5.74) is 0.284. The van der Waals surface area contributed by atoms with E-state index in [0.29, 0.717) is 17.4 Å². The van der Waals surface area contributed by atoms with Crippen LogP contribution in [0, 0.1) is 0 Å². The summed E-state index contributed by atoms with van der Waals surface area (Å²) in [7, 11) is 0. The number of nitrogens with one attached hydrogen (secondary N) is 2. The van der Waals surface area contributed by atoms with Crippen molar-refractivity contribution >= 4 is 23.3 Å². The summed E-state index contributed by atoms with van der Waals surface area (Å²) in [6, 6.07) is 3.47. The number of hydrogen-bond acceptors (Lipinski definition) is 4. The summed E-state index contributed by atoms with van der Waals surface area (Å²) < 4.78 is 0. The van der Waals surface area contributed by atoms with Crippen LogP contribution >= 0.6 is 11.6 Å². The number of pyridine rings is 1. The van der Waals surface area contributed by atoms with E-state index in [4.69, 9.17) is 11.6 Å². The van der Waals surface area contributed by atoms with Gasteiger partial charge < -0.3 is 15.5 Å². The molecule has 1 aliphatic heterocycles. The highest BCUT2D eigenvalue weighted by Crippen LogP contribution is 2.16. The summed E-state index contributed by atoms with van der Waals surface area (Å²) in [6.07, 6.45) is 2.51. The minimum Gasteiger partial charge on any atom is -0.370 e. The van der Waals surface area contributed by atoms with Crippen molar-refractivity contribution in [2.45, 2.75) is 19.8 Å². The van der Waals surface area contributed by atoms with Crippen molar-refractivity contribution in [3.8, 4) is 0 Å². The summed E-state index contributed by atoms with van der Waals surface area (Å²) in [5, 5.41) is 6.33. The van der Waals surface area contributed by atoms with Gasteiger partial charge in [-0.2, -0.15) is 0 Å². The topological polar surface area (TPSA) is 57.3 Å². The van der Waals surface area contributed by atoms with Crippen molar-refractivity contribution in [2.75, 3.05) is 38.0 Å². The molecule has 0 radical (unpaired) electrons. The molecule has 2 N–H and O–H groups in total. The van der Waals surface area contributed by atoms with Gasteiger partial charge in [0.05, 0.1) is 5.02 Å². The maximum atomic E-state index is 12.1. The fourth-order valence-electron chi connectivity index (χ4n) is 2.30. The molecule has 1 aromatic rings. The number of anilines is 1. The lowest BCUT2D eigenvalue weighted by molar-refractivity contribution is 0.0945. The number of halogens is 1. The minimum absolute atomic E-state index is 0.214. The molecule has 1 amide bonds. The fraction of sp³-hybridized carbons (Fsp3) is 0.571. The molecule has 110 valence electrons. The number of carbonyl (C=O) groups is 1. The van der Waals surface area contributed by atoms with Gasteiger partial charge in [-0.05, 0) is 45.0 Å². The number of rotatable bonds is 6. The Labute approximate surface area is 124 Å². The summed E-state index contributed by atoms with van der Waals surface area (Å²) in [6.45, 7) is 6.50. The number of hydrogen-bond donors (Lipinski definition) is 2. The second-order valence-electron chi connectivity index (χ2n) is 4.86. The molecule has 2 rings (SSSR count). The van der Waals surface area contributed by atoms with E-state index in [2.05, 4.69) is 20.5 Å². The molecule has 2 heterocycles. The number of aromatic nitrogens is 1. The van der Waals surface area contributed by atoms with Crippen molar-refractivity contribution in [3.05, 3.63) is 22.8 Å². The highest BCUT2D eigenvalue weighted by Gasteiger charge is 2.14. The first kappa shape index (κ1) is 15.1. The molecular weight excluding hydrogens is 276 g/mol. The lowest BCUT2D eigenvalue weighted by Crippen LogP contribution is -2.34. The number of carbonyl (C=O) groups excluding carboxylic acids is 1. The Morgan fingerprint density at radius 2 is 2.15 bits per heavy atom. The Bertz CT molecular complexity index is 460. The molecule has 1 fully saturated rings. The Balaban J connectivity index is 1.88. The van der Waals surface area contributed by atoms with Crippen LogP contribution in [0.5, 0.6) is 0 Å². The maximum Gasteiger partial charge on any atom is 0.271 e. The lowest BCUT2D eigenvalue weighted by atomic mass is 10.3. The number of nitrogens with zero attached hydrogens (tertiary/aromatic N) is 2. The van der Waals surface area contributed by atoms with Crippen LogP contribution in [-0.2, 0) is 0 Å². The summed E-state index contributed by atoms with van der Waals surface area (Å²) in [5.74, 6) is 0.454. The standard InChI is InChI=1S/C14H21ClN4O/c1-2-16-12-6-5-11(15)13(18-12)14(20)17-7-10-19-8-3-4-9-19/h5-6H,2-4,7-10H2,1H3,(H,16,18)(H,17,20). The molecule has 1 aliphatic rings. The zero-order chi connectivity index (χ0) is 14.4. The third-order valence-corrected chi connectivity index (χ3v) is 3.64. The van der Waals surface area contributed by atoms with Gasteiger partial charge in [-0.25, -0.2) is 4.98 Å². The molecule has 0 aromatic carbocycles. The van der Waals surface area contributed by atoms with Gasteiger partial charge in [0.1, 0.15) is 11.5 Å². The molecule has 0 saturated carbocycles. The first-order valence-corrected chi connectivity index (χ1v) is 7.49.